The molecule has 0 radical (unpaired) electrons. The van der Waals surface area contributed by atoms with Crippen LogP contribution in [0.5, 0.6) is 5.75 Å². The number of anilines is 2. The van der Waals surface area contributed by atoms with E-state index >= 15 is 0 Å². The average molecular weight is 403 g/mol. The lowest BCUT2D eigenvalue weighted by Gasteiger charge is -2.19. The molecular weight excluding hydrogens is 382 g/mol. The van der Waals surface area contributed by atoms with E-state index in [0.29, 0.717) is 11.6 Å². The summed E-state index contributed by atoms with van der Waals surface area (Å²) >= 11 is 0. The molecule has 0 amide bonds. The van der Waals surface area contributed by atoms with Gasteiger partial charge < -0.3 is 19.3 Å². The van der Waals surface area contributed by atoms with Gasteiger partial charge in [0.2, 0.25) is 5.78 Å². The van der Waals surface area contributed by atoms with E-state index in [1.54, 1.807) is 61.3 Å². The van der Waals surface area contributed by atoms with E-state index in [4.69, 9.17) is 9.47 Å². The second-order valence-corrected chi connectivity index (χ2v) is 6.55. The molecule has 0 N–H and O–H groups in total. The van der Waals surface area contributed by atoms with Crippen LogP contribution in [0.2, 0.25) is 0 Å². The number of benzene rings is 2. The lowest BCUT2D eigenvalue weighted by Crippen LogP contribution is -2.27. The minimum Gasteiger partial charge on any atom is -0.497 e. The molecule has 0 aromatic heterocycles. The van der Waals surface area contributed by atoms with Crippen molar-refractivity contribution in [3.05, 3.63) is 71.6 Å². The standard InChI is InChI=1S/C23H21N3O4/c1-25-19-6-4-5-7-20(19)26(2)23(25)18(14-24)21(27)15-30-22(28)13-10-16-8-11-17(29-3)12-9-16/h4-13H,15H2,1-3H3/b13-10+. The summed E-state index contributed by atoms with van der Waals surface area (Å²) in [6.07, 6.45) is 2.81. The zero-order valence-corrected chi connectivity index (χ0v) is 17.0. The molecule has 0 saturated carbocycles. The molecule has 1 aliphatic rings. The monoisotopic (exact) mass is 403 g/mol. The van der Waals surface area contributed by atoms with Crippen molar-refractivity contribution in [2.24, 2.45) is 0 Å². The fourth-order valence-electron chi connectivity index (χ4n) is 3.19. The van der Waals surface area contributed by atoms with E-state index in [9.17, 15) is 14.9 Å². The smallest absolute Gasteiger partial charge is 0.331 e. The van der Waals surface area contributed by atoms with E-state index in [2.05, 4.69) is 0 Å². The number of carbonyl (C=O) groups excluding carboxylic acids is 2. The largest absolute Gasteiger partial charge is 0.497 e. The number of ketones is 1. The SMILES string of the molecule is COc1ccc(/C=C/C(=O)OCC(=O)C(C#N)=C2N(C)c3ccccc3N2C)cc1. The predicted molar refractivity (Wildman–Crippen MR) is 114 cm³/mol. The number of ether oxygens (including phenoxy) is 2. The van der Waals surface area contributed by atoms with Crippen LogP contribution in [0.25, 0.3) is 6.08 Å². The Labute approximate surface area is 175 Å². The van der Waals surface area contributed by atoms with Gasteiger partial charge in [-0.3, -0.25) is 4.79 Å². The Balaban J connectivity index is 1.67. The molecule has 1 heterocycles. The first kappa shape index (κ1) is 20.7. The third kappa shape index (κ3) is 4.18. The van der Waals surface area contributed by atoms with E-state index in [1.165, 1.54) is 6.08 Å². The van der Waals surface area contributed by atoms with Crippen LogP contribution >= 0.6 is 0 Å². The fourth-order valence-corrected chi connectivity index (χ4v) is 3.19. The molecule has 0 bridgehead atoms. The van der Waals surface area contributed by atoms with E-state index in [1.807, 2.05) is 30.3 Å². The molecule has 0 unspecified atom stereocenters. The van der Waals surface area contributed by atoms with Gasteiger partial charge in [0.25, 0.3) is 0 Å². The number of para-hydroxylation sites is 2. The number of Topliss-reactive ketones (excluding diaryl/α,β-unsaturated/α-hetero) is 1. The summed E-state index contributed by atoms with van der Waals surface area (Å²) in [4.78, 5) is 28.1. The third-order valence-corrected chi connectivity index (χ3v) is 4.73. The van der Waals surface area contributed by atoms with E-state index < -0.39 is 18.4 Å². The molecule has 30 heavy (non-hydrogen) atoms. The van der Waals surface area contributed by atoms with Gasteiger partial charge in [-0.15, -0.1) is 0 Å². The maximum absolute atomic E-state index is 12.6. The molecule has 0 fully saturated rings. The van der Waals surface area contributed by atoms with Crippen molar-refractivity contribution in [3.8, 4) is 11.8 Å². The highest BCUT2D eigenvalue weighted by Gasteiger charge is 2.31. The number of rotatable bonds is 6. The van der Waals surface area contributed by atoms with Crippen molar-refractivity contribution in [2.75, 3.05) is 37.6 Å². The maximum Gasteiger partial charge on any atom is 0.331 e. The summed E-state index contributed by atoms with van der Waals surface area (Å²) in [6.45, 7) is -0.518. The molecule has 2 aromatic carbocycles. The van der Waals surface area contributed by atoms with Crippen molar-refractivity contribution in [2.45, 2.75) is 0 Å². The zero-order chi connectivity index (χ0) is 21.7. The Morgan fingerprint density at radius 2 is 1.63 bits per heavy atom. The first-order chi connectivity index (χ1) is 14.5. The van der Waals surface area contributed by atoms with Crippen molar-refractivity contribution < 1.29 is 19.1 Å². The van der Waals surface area contributed by atoms with Gasteiger partial charge in [0.1, 0.15) is 23.2 Å². The van der Waals surface area contributed by atoms with Crippen LogP contribution in [0.4, 0.5) is 11.4 Å². The number of hydrogen-bond acceptors (Lipinski definition) is 7. The summed E-state index contributed by atoms with van der Waals surface area (Å²) in [7, 11) is 5.14. The highest BCUT2D eigenvalue weighted by Crippen LogP contribution is 2.40. The summed E-state index contributed by atoms with van der Waals surface area (Å²) in [5.74, 6) is -0.0713. The third-order valence-electron chi connectivity index (χ3n) is 4.73. The minimum atomic E-state index is -0.669. The summed E-state index contributed by atoms with van der Waals surface area (Å²) < 4.78 is 10.1. The van der Waals surface area contributed by atoms with E-state index in [0.717, 1.165) is 16.9 Å². The molecule has 0 atom stereocenters. The van der Waals surface area contributed by atoms with Gasteiger partial charge in [-0.05, 0) is 35.9 Å². The number of methoxy groups -OCH3 is 1. The molecule has 152 valence electrons. The number of fused-ring (bicyclic) bond motifs is 1. The predicted octanol–water partition coefficient (Wildman–Crippen LogP) is 3.14. The Kier molecular flexibility index (Phi) is 6.18. The van der Waals surface area contributed by atoms with Crippen molar-refractivity contribution in [1.29, 1.82) is 5.26 Å². The number of nitriles is 1. The first-order valence-electron chi connectivity index (χ1n) is 9.19. The second kappa shape index (κ2) is 8.97. The van der Waals surface area contributed by atoms with Gasteiger partial charge >= 0.3 is 5.97 Å². The van der Waals surface area contributed by atoms with Crippen LogP contribution in [-0.2, 0) is 14.3 Å². The Morgan fingerprint density at radius 3 is 2.17 bits per heavy atom. The normalized spacial score (nSPS) is 12.5. The highest BCUT2D eigenvalue weighted by molar-refractivity contribution is 6.04. The van der Waals surface area contributed by atoms with Gasteiger partial charge in [-0.25, -0.2) is 4.79 Å². The van der Waals surface area contributed by atoms with Crippen LogP contribution in [0, 0.1) is 11.3 Å². The molecule has 2 aromatic rings. The topological polar surface area (TPSA) is 82.9 Å². The molecule has 0 aliphatic carbocycles. The number of carbonyl (C=O) groups is 2. The summed E-state index contributed by atoms with van der Waals surface area (Å²) in [6, 6.07) is 16.7. The van der Waals surface area contributed by atoms with Gasteiger partial charge in [0.05, 0.1) is 18.5 Å². The number of esters is 1. The molecular formula is C23H21N3O4. The summed E-state index contributed by atoms with van der Waals surface area (Å²) in [5.41, 5.74) is 2.49. The molecule has 7 nitrogen and oxygen atoms in total. The number of hydrogen-bond donors (Lipinski definition) is 0. The highest BCUT2D eigenvalue weighted by atomic mass is 16.5. The molecule has 7 heteroatoms. The average Bonchev–Trinajstić information content (AvgIpc) is 3.02. The van der Waals surface area contributed by atoms with Gasteiger partial charge in [0, 0.05) is 20.2 Å². The van der Waals surface area contributed by atoms with Gasteiger partial charge in [-0.1, -0.05) is 24.3 Å². The second-order valence-electron chi connectivity index (χ2n) is 6.55. The van der Waals surface area contributed by atoms with Crippen LogP contribution in [0.1, 0.15) is 5.56 Å². The van der Waals surface area contributed by atoms with Gasteiger partial charge in [-0.2, -0.15) is 5.26 Å². The first-order valence-corrected chi connectivity index (χ1v) is 9.19. The maximum atomic E-state index is 12.6. The molecule has 3 rings (SSSR count). The number of nitrogens with zero attached hydrogens (tertiary/aromatic N) is 3. The molecule has 0 spiro atoms. The minimum absolute atomic E-state index is 0.0665. The van der Waals surface area contributed by atoms with Crippen LogP contribution in [0.15, 0.2) is 66.0 Å². The zero-order valence-electron chi connectivity index (χ0n) is 17.0. The van der Waals surface area contributed by atoms with Crippen LogP contribution in [-0.4, -0.2) is 39.6 Å². The van der Waals surface area contributed by atoms with E-state index in [-0.39, 0.29) is 5.57 Å². The van der Waals surface area contributed by atoms with Crippen LogP contribution in [0.3, 0.4) is 0 Å². The molecule has 1 aliphatic heterocycles. The van der Waals surface area contributed by atoms with Gasteiger partial charge in [0.15, 0.2) is 6.61 Å². The van der Waals surface area contributed by atoms with Crippen LogP contribution < -0.4 is 14.5 Å². The molecule has 0 saturated heterocycles. The van der Waals surface area contributed by atoms with Crippen molar-refractivity contribution in [1.82, 2.24) is 0 Å². The lowest BCUT2D eigenvalue weighted by molar-refractivity contribution is -0.141. The lowest BCUT2D eigenvalue weighted by atomic mass is 10.2. The van der Waals surface area contributed by atoms with Crippen molar-refractivity contribution >= 4 is 29.2 Å². The van der Waals surface area contributed by atoms with Crippen molar-refractivity contribution in [3.63, 3.8) is 0 Å². The Hall–Kier alpha value is -4.05. The Bertz CT molecular complexity index is 1030. The fraction of sp³-hybridized carbons (Fsp3) is 0.174. The quantitative estimate of drug-likeness (QED) is 0.416. The summed E-state index contributed by atoms with van der Waals surface area (Å²) in [5, 5.41) is 9.58. The Morgan fingerprint density at radius 1 is 1.03 bits per heavy atom.